The molecule has 4 rings (SSSR count). The molecule has 7 heteroatoms. The zero-order valence-electron chi connectivity index (χ0n) is 18.7. The van der Waals surface area contributed by atoms with E-state index in [0.717, 1.165) is 36.1 Å². The number of methoxy groups -OCH3 is 2. The van der Waals surface area contributed by atoms with Crippen molar-refractivity contribution in [3.63, 3.8) is 0 Å². The lowest BCUT2D eigenvalue weighted by atomic mass is 9.99. The average Bonchev–Trinajstić information content (AvgIpc) is 2.84. The molecular weight excluding hydrogens is 404 g/mol. The van der Waals surface area contributed by atoms with E-state index in [4.69, 9.17) is 9.47 Å². The molecule has 2 aromatic carbocycles. The molecule has 0 spiro atoms. The van der Waals surface area contributed by atoms with Crippen LogP contribution in [0, 0.1) is 5.92 Å². The molecule has 2 heterocycles. The van der Waals surface area contributed by atoms with E-state index in [1.54, 1.807) is 25.3 Å². The predicted molar refractivity (Wildman–Crippen MR) is 126 cm³/mol. The first-order valence-electron chi connectivity index (χ1n) is 10.8. The van der Waals surface area contributed by atoms with Crippen LogP contribution < -0.4 is 19.7 Å². The molecule has 1 saturated heterocycles. The average molecular weight is 433 g/mol. The number of nitrogens with zero attached hydrogens (tertiary/aromatic N) is 3. The highest BCUT2D eigenvalue weighted by molar-refractivity contribution is 6.06. The third kappa shape index (κ3) is 4.66. The standard InChI is InChI=1S/C25H28N4O3/c1-17-13-15-29(16-14-17)23-12-11-21(27-28-23)18-7-9-19(10-8-18)26-25(30)20-5-4-6-22(31-2)24(20)32-3/h4-12,17H,13-16H2,1-3H3,(H,26,30). The molecule has 3 aromatic rings. The Morgan fingerprint density at radius 3 is 2.34 bits per heavy atom. The highest BCUT2D eigenvalue weighted by Crippen LogP contribution is 2.31. The third-order valence-electron chi connectivity index (χ3n) is 5.84. The summed E-state index contributed by atoms with van der Waals surface area (Å²) < 4.78 is 10.6. The molecule has 1 amide bonds. The summed E-state index contributed by atoms with van der Waals surface area (Å²) in [5, 5.41) is 11.7. The largest absolute Gasteiger partial charge is 0.493 e. The van der Waals surface area contributed by atoms with E-state index >= 15 is 0 Å². The van der Waals surface area contributed by atoms with Crippen molar-refractivity contribution in [3.8, 4) is 22.8 Å². The van der Waals surface area contributed by atoms with Gasteiger partial charge in [0.15, 0.2) is 17.3 Å². The number of nitrogens with one attached hydrogen (secondary N) is 1. The van der Waals surface area contributed by atoms with Crippen LogP contribution in [0.3, 0.4) is 0 Å². The first-order chi connectivity index (χ1) is 15.6. The number of ether oxygens (including phenoxy) is 2. The minimum atomic E-state index is -0.270. The Morgan fingerprint density at radius 2 is 1.72 bits per heavy atom. The van der Waals surface area contributed by atoms with E-state index < -0.39 is 0 Å². The van der Waals surface area contributed by atoms with Crippen LogP contribution >= 0.6 is 0 Å². The molecule has 166 valence electrons. The summed E-state index contributed by atoms with van der Waals surface area (Å²) in [7, 11) is 3.06. The summed E-state index contributed by atoms with van der Waals surface area (Å²) in [5.74, 6) is 2.35. The first-order valence-corrected chi connectivity index (χ1v) is 10.8. The van der Waals surface area contributed by atoms with Gasteiger partial charge < -0.3 is 19.7 Å². The van der Waals surface area contributed by atoms with Gasteiger partial charge >= 0.3 is 0 Å². The van der Waals surface area contributed by atoms with Gasteiger partial charge in [-0.25, -0.2) is 0 Å². The van der Waals surface area contributed by atoms with Crippen molar-refractivity contribution >= 4 is 17.4 Å². The summed E-state index contributed by atoms with van der Waals surface area (Å²) >= 11 is 0. The maximum atomic E-state index is 12.8. The summed E-state index contributed by atoms with van der Waals surface area (Å²) in [6.45, 7) is 4.36. The summed E-state index contributed by atoms with van der Waals surface area (Å²) in [6, 6.07) is 16.8. The molecule has 0 aliphatic carbocycles. The Hall–Kier alpha value is -3.61. The predicted octanol–water partition coefficient (Wildman–Crippen LogP) is 4.65. The summed E-state index contributed by atoms with van der Waals surface area (Å²) in [4.78, 5) is 15.0. The lowest BCUT2D eigenvalue weighted by Gasteiger charge is -2.30. The maximum Gasteiger partial charge on any atom is 0.259 e. The Bertz CT molecular complexity index is 1060. The van der Waals surface area contributed by atoms with Crippen LogP contribution in [0.25, 0.3) is 11.3 Å². The van der Waals surface area contributed by atoms with Gasteiger partial charge in [0, 0.05) is 24.3 Å². The van der Waals surface area contributed by atoms with Crippen LogP contribution in [0.4, 0.5) is 11.5 Å². The van der Waals surface area contributed by atoms with Crippen LogP contribution in [0.1, 0.15) is 30.1 Å². The fraction of sp³-hybridized carbons (Fsp3) is 0.320. The van der Waals surface area contributed by atoms with Crippen molar-refractivity contribution < 1.29 is 14.3 Å². The number of anilines is 2. The smallest absolute Gasteiger partial charge is 0.259 e. The number of piperidine rings is 1. The van der Waals surface area contributed by atoms with Crippen LogP contribution in [-0.2, 0) is 0 Å². The van der Waals surface area contributed by atoms with Crippen LogP contribution in [0.2, 0.25) is 0 Å². The number of hydrogen-bond acceptors (Lipinski definition) is 6. The molecule has 0 saturated carbocycles. The number of para-hydroxylation sites is 1. The van der Waals surface area contributed by atoms with Gasteiger partial charge in [-0.2, -0.15) is 0 Å². The molecule has 0 atom stereocenters. The quantitative estimate of drug-likeness (QED) is 0.611. The fourth-order valence-corrected chi connectivity index (χ4v) is 3.87. The monoisotopic (exact) mass is 432 g/mol. The van der Waals surface area contributed by atoms with Gasteiger partial charge in [0.05, 0.1) is 25.5 Å². The Kier molecular flexibility index (Phi) is 6.54. The van der Waals surface area contributed by atoms with Gasteiger partial charge in [-0.1, -0.05) is 25.1 Å². The van der Waals surface area contributed by atoms with Crippen molar-refractivity contribution in [1.82, 2.24) is 10.2 Å². The highest BCUT2D eigenvalue weighted by atomic mass is 16.5. The Balaban J connectivity index is 1.44. The summed E-state index contributed by atoms with van der Waals surface area (Å²) in [5.41, 5.74) is 2.82. The molecule has 7 nitrogen and oxygen atoms in total. The van der Waals surface area contributed by atoms with Crippen LogP contribution in [0.5, 0.6) is 11.5 Å². The number of carbonyl (C=O) groups excluding carboxylic acids is 1. The molecule has 1 aliphatic heterocycles. The van der Waals surface area contributed by atoms with Gasteiger partial charge in [-0.3, -0.25) is 4.79 Å². The molecule has 1 fully saturated rings. The van der Waals surface area contributed by atoms with Gasteiger partial charge in [-0.15, -0.1) is 10.2 Å². The lowest BCUT2D eigenvalue weighted by Crippen LogP contribution is -2.33. The van der Waals surface area contributed by atoms with E-state index in [1.807, 2.05) is 36.4 Å². The van der Waals surface area contributed by atoms with Gasteiger partial charge in [0.1, 0.15) is 0 Å². The van der Waals surface area contributed by atoms with E-state index in [-0.39, 0.29) is 5.91 Å². The van der Waals surface area contributed by atoms with E-state index in [1.165, 1.54) is 20.0 Å². The molecule has 1 N–H and O–H groups in total. The molecule has 1 aromatic heterocycles. The minimum Gasteiger partial charge on any atom is -0.493 e. The second kappa shape index (κ2) is 9.68. The topological polar surface area (TPSA) is 76.6 Å². The van der Waals surface area contributed by atoms with Crippen molar-refractivity contribution in [2.45, 2.75) is 19.8 Å². The molecular formula is C25H28N4O3. The zero-order chi connectivity index (χ0) is 22.5. The Morgan fingerprint density at radius 1 is 0.969 bits per heavy atom. The van der Waals surface area contributed by atoms with Crippen molar-refractivity contribution in [3.05, 3.63) is 60.2 Å². The number of benzene rings is 2. The normalized spacial score (nSPS) is 14.2. The van der Waals surface area contributed by atoms with Crippen molar-refractivity contribution in [2.75, 3.05) is 37.5 Å². The van der Waals surface area contributed by atoms with Crippen molar-refractivity contribution in [1.29, 1.82) is 0 Å². The Labute approximate surface area is 188 Å². The number of hydrogen-bond donors (Lipinski definition) is 1. The lowest BCUT2D eigenvalue weighted by molar-refractivity contribution is 0.102. The fourth-order valence-electron chi connectivity index (χ4n) is 3.87. The van der Waals surface area contributed by atoms with E-state index in [0.29, 0.717) is 22.7 Å². The third-order valence-corrected chi connectivity index (χ3v) is 5.84. The van der Waals surface area contributed by atoms with Crippen LogP contribution in [-0.4, -0.2) is 43.4 Å². The van der Waals surface area contributed by atoms with Gasteiger partial charge in [0.2, 0.25) is 0 Å². The molecule has 0 radical (unpaired) electrons. The SMILES string of the molecule is COc1cccc(C(=O)Nc2ccc(-c3ccc(N4CCC(C)CC4)nn3)cc2)c1OC. The summed E-state index contributed by atoms with van der Waals surface area (Å²) in [6.07, 6.45) is 2.39. The number of rotatable bonds is 6. The maximum absolute atomic E-state index is 12.8. The van der Waals surface area contributed by atoms with Gasteiger partial charge in [-0.05, 0) is 55.2 Å². The van der Waals surface area contributed by atoms with E-state index in [9.17, 15) is 4.79 Å². The first kappa shape index (κ1) is 21.6. The van der Waals surface area contributed by atoms with E-state index in [2.05, 4.69) is 27.3 Å². The number of aromatic nitrogens is 2. The highest BCUT2D eigenvalue weighted by Gasteiger charge is 2.18. The van der Waals surface area contributed by atoms with Gasteiger partial charge in [0.25, 0.3) is 5.91 Å². The molecule has 0 unspecified atom stereocenters. The van der Waals surface area contributed by atoms with Crippen LogP contribution in [0.15, 0.2) is 54.6 Å². The molecule has 32 heavy (non-hydrogen) atoms. The number of amides is 1. The molecule has 0 bridgehead atoms. The second-order valence-corrected chi connectivity index (χ2v) is 8.02. The zero-order valence-corrected chi connectivity index (χ0v) is 18.7. The molecule has 1 aliphatic rings. The minimum absolute atomic E-state index is 0.270. The van der Waals surface area contributed by atoms with Crippen molar-refractivity contribution in [2.24, 2.45) is 5.92 Å². The number of carbonyl (C=O) groups is 1. The second-order valence-electron chi connectivity index (χ2n) is 8.02.